The van der Waals surface area contributed by atoms with Gasteiger partial charge in [-0.1, -0.05) is 0 Å². The molecule has 36 bridgehead atoms. The molecule has 0 amide bonds. The van der Waals surface area contributed by atoms with Crippen LogP contribution in [0.15, 0.2) is 12.1 Å². The lowest BCUT2D eigenvalue weighted by Crippen LogP contribution is -2.40. The lowest BCUT2D eigenvalue weighted by Gasteiger charge is -2.42. The predicted molar refractivity (Wildman–Crippen MR) is 341 cm³/mol. The Morgan fingerprint density at radius 1 is 0.367 bits per heavy atom. The average molecular weight is 1150 g/mol. The van der Waals surface area contributed by atoms with Crippen LogP contribution in [0, 0.1) is 10.8 Å². The molecular formula is C80H24O10. The van der Waals surface area contributed by atoms with Crippen LogP contribution in [0.1, 0.15) is 92.4 Å². The summed E-state index contributed by atoms with van der Waals surface area (Å²) in [4.78, 5) is 70.3. The summed E-state index contributed by atoms with van der Waals surface area (Å²) in [5, 5.41) is 56.5. The van der Waals surface area contributed by atoms with Crippen molar-refractivity contribution in [3.05, 3.63) is 78.9 Å². The fourth-order valence-electron chi connectivity index (χ4n) is 31.0. The van der Waals surface area contributed by atoms with Crippen LogP contribution >= 0.6 is 0 Å². The third-order valence-electron chi connectivity index (χ3n) is 31.0. The van der Waals surface area contributed by atoms with Gasteiger partial charge in [-0.2, -0.15) is 0 Å². The standard InChI is InChI=1S/C80H24O10/c1-5-87-71(81)79-73(83)89-9-11-7-14(86-4)12(8-13(11)85-3)10-90-74(84)80(72(82)88-6-2)77-67-51-35-17-15-31-19-23(35)43-27-29-41-21-25-37-18-16-33(21)49-50-34(16)22-26-38(18)54(53(37)69(77)61(45(25)29)59(43)67)70-62-46(26)30-28-40-20(24-36(17)52(51)68(78(70,77)80)60(62)44(24)28)32(15)48-47(31)63-55(39(19)27)57(41)65(49)75(63,79)76(79)64(48)56(40)58(42(22)30)66(50)76/h7-8,47,63H,5-6,9-10H2,1-4H3. The zero-order valence-electron chi connectivity index (χ0n) is 47.2. The van der Waals surface area contributed by atoms with E-state index in [1.807, 2.05) is 26.0 Å². The number of carbonyl (C=O) groups excluding carboxylic acids is 4. The molecule has 0 saturated heterocycles. The van der Waals surface area contributed by atoms with E-state index in [1.54, 1.807) is 14.2 Å². The predicted octanol–water partition coefficient (Wildman–Crippen LogP) is 15.4. The molecule has 0 N–H and O–H groups in total. The molecule has 10 heteroatoms. The molecule has 23 aromatic carbocycles. The van der Waals surface area contributed by atoms with Crippen molar-refractivity contribution in [3.8, 4) is 11.5 Å². The number of esters is 4. The third kappa shape index (κ3) is 2.09. The summed E-state index contributed by atoms with van der Waals surface area (Å²) < 4.78 is 40.7. The molecule has 0 radical (unpaired) electrons. The van der Waals surface area contributed by atoms with Crippen LogP contribution in [0.4, 0.5) is 0 Å². The highest BCUT2D eigenvalue weighted by molar-refractivity contribution is 6.75. The van der Waals surface area contributed by atoms with Crippen molar-refractivity contribution in [3.63, 3.8) is 0 Å². The van der Waals surface area contributed by atoms with Gasteiger partial charge < -0.3 is 28.4 Å². The first-order valence-corrected chi connectivity index (χ1v) is 32.5. The number of hydrogen-bond acceptors (Lipinski definition) is 10. The van der Waals surface area contributed by atoms with Crippen molar-refractivity contribution in [2.45, 2.75) is 60.6 Å². The number of methoxy groups -OCH3 is 2. The fourth-order valence-corrected chi connectivity index (χ4v) is 31.0. The summed E-state index contributed by atoms with van der Waals surface area (Å²) in [6, 6.07) is 3.64. The summed E-state index contributed by atoms with van der Waals surface area (Å²) in [6.07, 6.45) is 0. The van der Waals surface area contributed by atoms with Crippen molar-refractivity contribution in [1.29, 1.82) is 0 Å². The topological polar surface area (TPSA) is 124 Å². The quantitative estimate of drug-likeness (QED) is 0.0688. The van der Waals surface area contributed by atoms with Gasteiger partial charge in [-0.05, 0) is 319 Å². The molecule has 8 atom stereocenters. The maximum absolute atomic E-state index is 17.8. The van der Waals surface area contributed by atoms with Gasteiger partial charge in [0.1, 0.15) is 24.7 Å². The molecule has 404 valence electrons. The number of benzene rings is 16. The zero-order valence-corrected chi connectivity index (χ0v) is 47.2. The van der Waals surface area contributed by atoms with E-state index in [4.69, 9.17) is 28.4 Å². The largest absolute Gasteiger partial charge is 0.496 e. The molecular weight excluding hydrogens is 1120 g/mol. The summed E-state index contributed by atoms with van der Waals surface area (Å²) in [6.45, 7) is 3.51. The normalized spacial score (nSPS) is 29.9. The molecule has 4 spiro atoms. The van der Waals surface area contributed by atoms with Crippen LogP contribution in [0.5, 0.6) is 11.5 Å². The van der Waals surface area contributed by atoms with Crippen LogP contribution in [0.25, 0.3) is 237 Å². The van der Waals surface area contributed by atoms with Gasteiger partial charge in [-0.25, -0.2) is 0 Å². The molecule has 8 heterocycles. The van der Waals surface area contributed by atoms with Crippen LogP contribution in [-0.4, -0.2) is 51.3 Å². The molecule has 90 heavy (non-hydrogen) atoms. The second-order valence-electron chi connectivity index (χ2n) is 30.9. The van der Waals surface area contributed by atoms with Crippen molar-refractivity contribution in [2.24, 2.45) is 10.8 Å². The molecule has 0 aromatic heterocycles. The maximum Gasteiger partial charge on any atom is 0.326 e. The molecule has 8 unspecified atom stereocenters. The zero-order chi connectivity index (χ0) is 56.4. The van der Waals surface area contributed by atoms with Gasteiger partial charge in [-0.15, -0.1) is 0 Å². The Morgan fingerprint density at radius 2 is 0.667 bits per heavy atom. The molecule has 10 nitrogen and oxygen atoms in total. The minimum absolute atomic E-state index is 0.0864. The van der Waals surface area contributed by atoms with E-state index in [9.17, 15) is 0 Å². The van der Waals surface area contributed by atoms with Crippen molar-refractivity contribution < 1.29 is 47.6 Å². The van der Waals surface area contributed by atoms with E-state index in [1.165, 1.54) is 270 Å². The first kappa shape index (κ1) is 38.2. The van der Waals surface area contributed by atoms with Crippen LogP contribution in [-0.2, 0) is 73.0 Å². The average Bonchev–Trinajstić information content (AvgIpc) is 1.34. The Labute approximate surface area is 495 Å². The van der Waals surface area contributed by atoms with Crippen LogP contribution in [0.3, 0.4) is 0 Å². The van der Waals surface area contributed by atoms with Crippen LogP contribution < -0.4 is 9.47 Å². The fraction of sp³-hybridized carbons (Fsp3) is 0.200. The van der Waals surface area contributed by atoms with Crippen molar-refractivity contribution in [1.82, 2.24) is 0 Å². The molecule has 8 aliphatic heterocycles. The van der Waals surface area contributed by atoms with Gasteiger partial charge in [0.15, 0.2) is 10.8 Å². The van der Waals surface area contributed by atoms with E-state index >= 15 is 19.2 Å². The maximum atomic E-state index is 17.8. The van der Waals surface area contributed by atoms with Crippen molar-refractivity contribution in [2.75, 3.05) is 27.4 Å². The third-order valence-corrected chi connectivity index (χ3v) is 31.0. The second-order valence-corrected chi connectivity index (χ2v) is 30.9. The summed E-state index contributed by atoms with van der Waals surface area (Å²) in [5.74, 6) is -1.81. The summed E-state index contributed by atoms with van der Waals surface area (Å²) in [5.41, 5.74) is 4.59. The molecule has 43 rings (SSSR count). The lowest BCUT2D eigenvalue weighted by atomic mass is 9.58. The van der Waals surface area contributed by atoms with Gasteiger partial charge in [0.05, 0.1) is 43.7 Å². The number of ether oxygens (including phenoxy) is 6. The molecule has 2 fully saturated rings. The minimum atomic E-state index is -1.92. The van der Waals surface area contributed by atoms with Gasteiger partial charge in [0.25, 0.3) is 0 Å². The monoisotopic (exact) mass is 1140 g/mol. The number of carbonyl (C=O) groups is 4. The van der Waals surface area contributed by atoms with Gasteiger partial charge in [0.2, 0.25) is 0 Å². The van der Waals surface area contributed by atoms with E-state index < -0.39 is 56.4 Å². The highest BCUT2D eigenvalue weighted by Gasteiger charge is 3.05. The lowest BCUT2D eigenvalue weighted by molar-refractivity contribution is -0.169. The van der Waals surface area contributed by atoms with Gasteiger partial charge >= 0.3 is 23.9 Å². The SMILES string of the molecule is CCOC(=O)C12C(=O)OCc3cc(OC)c(cc3OC)COC(=O)C3(C(=O)OCC)C45c6c7c8c9c%10c%11c%12c%13c%14c(c%15c%16c4c4c6c6c8c8c%17c%18c%19c%20c%21c%22c%23c%24c%25c%26c%27c(c%18c(c%11c%27c%12c%11c%14c%12c%15c%14c%16c%15c4c(c%21c%15c%23c%14c%24c%12c%26%11)c6c%208)c9%17)C%251C%19%222)C35C%13C%107. The Morgan fingerprint density at radius 3 is 1.06 bits per heavy atom. The number of rotatable bonds is 6. The van der Waals surface area contributed by atoms with Gasteiger partial charge in [0, 0.05) is 28.4 Å². The Balaban J connectivity index is 0.987. The van der Waals surface area contributed by atoms with E-state index in [-0.39, 0.29) is 38.3 Å². The smallest absolute Gasteiger partial charge is 0.326 e. The summed E-state index contributed by atoms with van der Waals surface area (Å²) >= 11 is 0. The van der Waals surface area contributed by atoms with E-state index in [0.717, 1.165) is 22.3 Å². The van der Waals surface area contributed by atoms with Crippen molar-refractivity contribution >= 4 is 261 Å². The summed E-state index contributed by atoms with van der Waals surface area (Å²) in [7, 11) is 3.19. The molecule has 12 aliphatic carbocycles. The van der Waals surface area contributed by atoms with Gasteiger partial charge in [-0.3, -0.25) is 19.2 Å². The molecule has 2 saturated carbocycles. The Kier molecular flexibility index (Phi) is 3.82. The van der Waals surface area contributed by atoms with Crippen LogP contribution in [0.2, 0.25) is 0 Å². The van der Waals surface area contributed by atoms with E-state index in [0.29, 0.717) is 22.6 Å². The number of hydrogen-bond donors (Lipinski definition) is 0. The first-order valence-electron chi connectivity index (χ1n) is 32.5. The Bertz CT molecular complexity index is 8250. The Hall–Kier alpha value is -10.3. The molecule has 23 aromatic rings. The highest BCUT2D eigenvalue weighted by atomic mass is 16.6. The highest BCUT2D eigenvalue weighted by Crippen LogP contribution is 3.02. The molecule has 20 aliphatic rings. The second kappa shape index (κ2) is 9.00. The first-order chi connectivity index (χ1) is 44.3. The van der Waals surface area contributed by atoms with E-state index in [2.05, 4.69) is 0 Å². The minimum Gasteiger partial charge on any atom is -0.496 e.